The van der Waals surface area contributed by atoms with Crippen molar-refractivity contribution in [3.8, 4) is 0 Å². The quantitative estimate of drug-likeness (QED) is 0.268. The minimum Gasteiger partial charge on any atom is -0.296 e. The molecule has 0 bridgehead atoms. The number of ketones is 1. The number of carbonyl (C=O) groups is 2. The van der Waals surface area contributed by atoms with E-state index in [4.69, 9.17) is 11.6 Å². The molecule has 1 aliphatic rings. The van der Waals surface area contributed by atoms with Crippen LogP contribution < -0.4 is 5.32 Å². The van der Waals surface area contributed by atoms with Crippen molar-refractivity contribution >= 4 is 61.5 Å². The van der Waals surface area contributed by atoms with Gasteiger partial charge in [0.15, 0.2) is 10.1 Å². The average Bonchev–Trinajstić information content (AvgIpc) is 3.51. The fourth-order valence-corrected chi connectivity index (χ4v) is 6.47. The van der Waals surface area contributed by atoms with Crippen LogP contribution in [0.5, 0.6) is 0 Å². The molecule has 1 N–H and O–H groups in total. The molecule has 2 aromatic carbocycles. The Labute approximate surface area is 204 Å². The van der Waals surface area contributed by atoms with Crippen LogP contribution >= 0.6 is 34.7 Å². The second-order valence-corrected chi connectivity index (χ2v) is 11.8. The zero-order valence-electron chi connectivity index (χ0n) is 17.2. The number of benzene rings is 2. The van der Waals surface area contributed by atoms with Gasteiger partial charge in [0.2, 0.25) is 15.2 Å². The first-order valence-corrected chi connectivity index (χ1v) is 13.6. The SMILES string of the molecule is O=C(CSc1nnc(NC(=O)c2ccc(S(=O)(=O)N3CCCC3)cc2)s1)c1ccc(Cl)cc1. The van der Waals surface area contributed by atoms with Crippen LogP contribution in [-0.4, -0.2) is 53.5 Å². The Morgan fingerprint density at radius 3 is 2.30 bits per heavy atom. The third-order valence-corrected chi connectivity index (χ3v) is 9.08. The highest BCUT2D eigenvalue weighted by Gasteiger charge is 2.27. The normalized spacial score (nSPS) is 14.3. The Morgan fingerprint density at radius 2 is 1.64 bits per heavy atom. The van der Waals surface area contributed by atoms with Crippen LogP contribution in [0, 0.1) is 0 Å². The van der Waals surface area contributed by atoms with Gasteiger partial charge in [0.1, 0.15) is 0 Å². The Morgan fingerprint density at radius 1 is 1.00 bits per heavy atom. The summed E-state index contributed by atoms with van der Waals surface area (Å²) in [5.41, 5.74) is 0.859. The highest BCUT2D eigenvalue weighted by molar-refractivity contribution is 8.01. The summed E-state index contributed by atoms with van der Waals surface area (Å²) >= 11 is 8.22. The van der Waals surface area contributed by atoms with Crippen LogP contribution in [0.25, 0.3) is 0 Å². The van der Waals surface area contributed by atoms with E-state index in [1.165, 1.54) is 40.3 Å². The van der Waals surface area contributed by atoms with Crippen molar-refractivity contribution in [3.63, 3.8) is 0 Å². The van der Waals surface area contributed by atoms with Crippen LogP contribution in [0.3, 0.4) is 0 Å². The van der Waals surface area contributed by atoms with Crippen LogP contribution in [0.2, 0.25) is 5.02 Å². The van der Waals surface area contributed by atoms with E-state index in [1.54, 1.807) is 24.3 Å². The first kappa shape index (κ1) is 23.8. The molecule has 12 heteroatoms. The Kier molecular flexibility index (Phi) is 7.45. The maximum Gasteiger partial charge on any atom is 0.257 e. The standard InChI is InChI=1S/C21H19ClN4O4S3/c22-16-7-3-14(4-8-16)18(27)13-31-21-25-24-20(32-21)23-19(28)15-5-9-17(10-6-15)33(29,30)26-11-1-2-12-26/h3-10H,1-2,11-13H2,(H,23,24,28). The number of rotatable bonds is 8. The molecule has 0 atom stereocenters. The minimum absolute atomic E-state index is 0.0681. The van der Waals surface area contributed by atoms with Crippen molar-refractivity contribution in [3.05, 3.63) is 64.7 Å². The van der Waals surface area contributed by atoms with Gasteiger partial charge in [-0.15, -0.1) is 10.2 Å². The lowest BCUT2D eigenvalue weighted by atomic mass is 10.1. The van der Waals surface area contributed by atoms with E-state index in [2.05, 4.69) is 15.5 Å². The second kappa shape index (κ2) is 10.3. The van der Waals surface area contributed by atoms with E-state index in [-0.39, 0.29) is 21.6 Å². The van der Waals surface area contributed by atoms with Gasteiger partial charge in [0.25, 0.3) is 5.91 Å². The number of Topliss-reactive ketones (excluding diaryl/α,β-unsaturated/α-hetero) is 1. The van der Waals surface area contributed by atoms with Gasteiger partial charge in [-0.05, 0) is 61.4 Å². The minimum atomic E-state index is -3.53. The van der Waals surface area contributed by atoms with Crippen LogP contribution in [0.15, 0.2) is 57.8 Å². The highest BCUT2D eigenvalue weighted by atomic mass is 35.5. The molecule has 0 spiro atoms. The van der Waals surface area contributed by atoms with E-state index in [1.807, 2.05) is 0 Å². The summed E-state index contributed by atoms with van der Waals surface area (Å²) in [5.74, 6) is -0.316. The third kappa shape index (κ3) is 5.79. The lowest BCUT2D eigenvalue weighted by Crippen LogP contribution is -2.27. The van der Waals surface area contributed by atoms with Gasteiger partial charge in [-0.3, -0.25) is 14.9 Å². The van der Waals surface area contributed by atoms with Crippen LogP contribution in [0.1, 0.15) is 33.6 Å². The molecule has 0 aliphatic carbocycles. The van der Waals surface area contributed by atoms with Crippen molar-refractivity contribution in [2.45, 2.75) is 22.1 Å². The Balaban J connectivity index is 1.33. The van der Waals surface area contributed by atoms with E-state index in [0.717, 1.165) is 24.2 Å². The van der Waals surface area contributed by atoms with Gasteiger partial charge >= 0.3 is 0 Å². The lowest BCUT2D eigenvalue weighted by Gasteiger charge is -2.15. The molecular weight excluding hydrogens is 504 g/mol. The molecule has 1 amide bonds. The maximum absolute atomic E-state index is 12.6. The maximum atomic E-state index is 12.6. The number of nitrogens with zero attached hydrogens (tertiary/aromatic N) is 3. The largest absolute Gasteiger partial charge is 0.296 e. The van der Waals surface area contributed by atoms with Crippen LogP contribution in [0.4, 0.5) is 5.13 Å². The molecule has 2 heterocycles. The molecule has 4 rings (SSSR count). The van der Waals surface area contributed by atoms with Gasteiger partial charge < -0.3 is 0 Å². The Hall–Kier alpha value is -2.31. The zero-order valence-corrected chi connectivity index (χ0v) is 20.4. The predicted octanol–water partition coefficient (Wildman–Crippen LogP) is 4.20. The summed E-state index contributed by atoms with van der Waals surface area (Å²) in [6.07, 6.45) is 1.72. The topological polar surface area (TPSA) is 109 Å². The second-order valence-electron chi connectivity index (χ2n) is 7.18. The molecule has 1 saturated heterocycles. The van der Waals surface area contributed by atoms with E-state index in [0.29, 0.717) is 33.6 Å². The third-order valence-electron chi connectivity index (χ3n) is 4.94. The number of nitrogens with one attached hydrogen (secondary N) is 1. The smallest absolute Gasteiger partial charge is 0.257 e. The molecule has 0 unspecified atom stereocenters. The number of halogens is 1. The first-order valence-electron chi connectivity index (χ1n) is 9.99. The molecular formula is C21H19ClN4O4S3. The summed E-state index contributed by atoms with van der Waals surface area (Å²) in [4.78, 5) is 24.9. The fourth-order valence-electron chi connectivity index (χ4n) is 3.19. The molecule has 1 aliphatic heterocycles. The molecule has 1 aromatic heterocycles. The van der Waals surface area contributed by atoms with Crippen molar-refractivity contribution in [2.24, 2.45) is 0 Å². The first-order chi connectivity index (χ1) is 15.8. The summed E-state index contributed by atoms with van der Waals surface area (Å²) < 4.78 is 27.2. The number of sulfonamides is 1. The predicted molar refractivity (Wildman–Crippen MR) is 129 cm³/mol. The van der Waals surface area contributed by atoms with Crippen molar-refractivity contribution < 1.29 is 18.0 Å². The van der Waals surface area contributed by atoms with Gasteiger partial charge in [0, 0.05) is 29.2 Å². The molecule has 8 nitrogen and oxygen atoms in total. The molecule has 0 radical (unpaired) electrons. The number of carbonyl (C=O) groups excluding carboxylic acids is 2. The summed E-state index contributed by atoms with van der Waals surface area (Å²) in [5, 5.41) is 11.4. The van der Waals surface area contributed by atoms with Gasteiger partial charge in [-0.2, -0.15) is 4.31 Å². The molecule has 33 heavy (non-hydrogen) atoms. The summed E-state index contributed by atoms with van der Waals surface area (Å²) in [6.45, 7) is 1.04. The van der Waals surface area contributed by atoms with Crippen molar-refractivity contribution in [2.75, 3.05) is 24.2 Å². The molecule has 1 fully saturated rings. The number of thioether (sulfide) groups is 1. The monoisotopic (exact) mass is 522 g/mol. The molecule has 0 saturated carbocycles. The number of anilines is 1. The number of hydrogen-bond donors (Lipinski definition) is 1. The van der Waals surface area contributed by atoms with Gasteiger partial charge in [-0.25, -0.2) is 8.42 Å². The van der Waals surface area contributed by atoms with Crippen LogP contribution in [-0.2, 0) is 10.0 Å². The van der Waals surface area contributed by atoms with Crippen molar-refractivity contribution in [1.29, 1.82) is 0 Å². The van der Waals surface area contributed by atoms with E-state index >= 15 is 0 Å². The highest BCUT2D eigenvalue weighted by Crippen LogP contribution is 2.27. The fraction of sp³-hybridized carbons (Fsp3) is 0.238. The number of hydrogen-bond acceptors (Lipinski definition) is 8. The number of aromatic nitrogens is 2. The Bertz CT molecular complexity index is 1260. The van der Waals surface area contributed by atoms with Gasteiger partial charge in [-0.1, -0.05) is 34.7 Å². The van der Waals surface area contributed by atoms with Crippen molar-refractivity contribution in [1.82, 2.24) is 14.5 Å². The van der Waals surface area contributed by atoms with E-state index in [9.17, 15) is 18.0 Å². The average molecular weight is 523 g/mol. The summed E-state index contributed by atoms with van der Waals surface area (Å²) in [6, 6.07) is 12.5. The molecule has 3 aromatic rings. The molecule has 172 valence electrons. The van der Waals surface area contributed by atoms with E-state index < -0.39 is 15.9 Å². The van der Waals surface area contributed by atoms with Gasteiger partial charge in [0.05, 0.1) is 10.6 Å². The lowest BCUT2D eigenvalue weighted by molar-refractivity contribution is 0.101. The number of amides is 1. The zero-order chi connectivity index (χ0) is 23.4. The summed E-state index contributed by atoms with van der Waals surface area (Å²) in [7, 11) is -3.53.